The topological polar surface area (TPSA) is 173 Å². The van der Waals surface area contributed by atoms with E-state index < -0.39 is 42.3 Å². The summed E-state index contributed by atoms with van der Waals surface area (Å²) in [7, 11) is 0. The Labute approximate surface area is 143 Å². The van der Waals surface area contributed by atoms with Crippen LogP contribution in [0.4, 0.5) is 22.7 Å². The SMILES string of the molecule is O=[N+]([O-])c1cccc(C=Cc2c([N+](=O)[O-])cc([N+](=O)[O-])cc2[N+](=O)[O-])c1. The van der Waals surface area contributed by atoms with Crippen LogP contribution in [-0.2, 0) is 0 Å². The molecule has 0 amide bonds. The van der Waals surface area contributed by atoms with Crippen LogP contribution in [0.15, 0.2) is 36.4 Å². The second-order valence-corrected chi connectivity index (χ2v) is 4.85. The number of rotatable bonds is 6. The molecule has 0 atom stereocenters. The molecule has 0 spiro atoms. The average Bonchev–Trinajstić information content (AvgIpc) is 2.59. The van der Waals surface area contributed by atoms with Crippen molar-refractivity contribution in [2.75, 3.05) is 0 Å². The van der Waals surface area contributed by atoms with Crippen LogP contribution in [0.5, 0.6) is 0 Å². The fourth-order valence-corrected chi connectivity index (χ4v) is 2.11. The molecule has 2 aromatic carbocycles. The third kappa shape index (κ3) is 3.81. The second kappa shape index (κ2) is 7.12. The summed E-state index contributed by atoms with van der Waals surface area (Å²) < 4.78 is 0. The van der Waals surface area contributed by atoms with E-state index in [1.165, 1.54) is 30.3 Å². The molecule has 0 saturated heterocycles. The number of hydrogen-bond acceptors (Lipinski definition) is 8. The molecule has 0 unspecified atom stereocenters. The van der Waals surface area contributed by atoms with Crippen LogP contribution < -0.4 is 0 Å². The first-order chi connectivity index (χ1) is 12.2. The lowest BCUT2D eigenvalue weighted by molar-refractivity contribution is -0.403. The summed E-state index contributed by atoms with van der Waals surface area (Å²) in [5, 5.41) is 43.9. The van der Waals surface area contributed by atoms with Crippen LogP contribution in [0.1, 0.15) is 11.1 Å². The summed E-state index contributed by atoms with van der Waals surface area (Å²) in [6, 6.07) is 6.44. The zero-order valence-electron chi connectivity index (χ0n) is 12.7. The minimum Gasteiger partial charge on any atom is -0.258 e. The summed E-state index contributed by atoms with van der Waals surface area (Å²) >= 11 is 0. The Morgan fingerprint density at radius 3 is 1.65 bits per heavy atom. The van der Waals surface area contributed by atoms with Crippen molar-refractivity contribution in [2.24, 2.45) is 0 Å². The maximum absolute atomic E-state index is 11.2. The number of nitro benzene ring substituents is 4. The van der Waals surface area contributed by atoms with Crippen molar-refractivity contribution < 1.29 is 19.7 Å². The molecule has 2 aromatic rings. The van der Waals surface area contributed by atoms with E-state index in [9.17, 15) is 40.5 Å². The molecule has 26 heavy (non-hydrogen) atoms. The molecule has 0 radical (unpaired) electrons. The molecule has 0 aromatic heterocycles. The number of non-ortho nitro benzene ring substituents is 2. The van der Waals surface area contributed by atoms with Crippen LogP contribution in [0.2, 0.25) is 0 Å². The van der Waals surface area contributed by atoms with Crippen molar-refractivity contribution >= 4 is 34.9 Å². The van der Waals surface area contributed by atoms with Crippen molar-refractivity contribution in [1.82, 2.24) is 0 Å². The summed E-state index contributed by atoms with van der Waals surface area (Å²) in [6.07, 6.45) is 2.22. The first-order valence-electron chi connectivity index (χ1n) is 6.74. The van der Waals surface area contributed by atoms with E-state index in [1.54, 1.807) is 0 Å². The lowest BCUT2D eigenvalue weighted by atomic mass is 10.1. The van der Waals surface area contributed by atoms with Gasteiger partial charge in [0.1, 0.15) is 5.56 Å². The fourth-order valence-electron chi connectivity index (χ4n) is 2.11. The molecule has 12 nitrogen and oxygen atoms in total. The Kier molecular flexibility index (Phi) is 4.97. The van der Waals surface area contributed by atoms with Crippen molar-refractivity contribution in [1.29, 1.82) is 0 Å². The quantitative estimate of drug-likeness (QED) is 0.427. The Hall–Kier alpha value is -4.22. The van der Waals surface area contributed by atoms with Gasteiger partial charge in [0.2, 0.25) is 0 Å². The van der Waals surface area contributed by atoms with Gasteiger partial charge in [-0.3, -0.25) is 40.5 Å². The average molecular weight is 360 g/mol. The molecule has 0 aliphatic rings. The van der Waals surface area contributed by atoms with Crippen LogP contribution in [0, 0.1) is 40.5 Å². The molecule has 0 heterocycles. The minimum atomic E-state index is -0.979. The van der Waals surface area contributed by atoms with Crippen molar-refractivity contribution in [3.05, 3.63) is 88.0 Å². The predicted octanol–water partition coefficient (Wildman–Crippen LogP) is 3.49. The maximum Gasteiger partial charge on any atom is 0.290 e. The van der Waals surface area contributed by atoms with Gasteiger partial charge in [-0.05, 0) is 11.6 Å². The van der Waals surface area contributed by atoms with E-state index in [0.29, 0.717) is 12.1 Å². The summed E-state index contributed by atoms with van der Waals surface area (Å²) in [5.41, 5.74) is -2.88. The number of hydrogen-bond donors (Lipinski definition) is 0. The molecule has 0 fully saturated rings. The van der Waals surface area contributed by atoms with Gasteiger partial charge in [0.05, 0.1) is 31.8 Å². The zero-order chi connectivity index (χ0) is 19.4. The van der Waals surface area contributed by atoms with E-state index in [2.05, 4.69) is 0 Å². The molecule has 0 aliphatic carbocycles. The van der Waals surface area contributed by atoms with Gasteiger partial charge >= 0.3 is 0 Å². The molecule has 132 valence electrons. The number of nitrogens with zero attached hydrogens (tertiary/aromatic N) is 4. The molecular formula is C14H8N4O8. The summed E-state index contributed by atoms with van der Waals surface area (Å²) in [6.45, 7) is 0. The zero-order valence-corrected chi connectivity index (χ0v) is 12.7. The Balaban J connectivity index is 2.62. The van der Waals surface area contributed by atoms with Crippen LogP contribution in [0.25, 0.3) is 12.2 Å². The maximum atomic E-state index is 11.2. The Morgan fingerprint density at radius 2 is 1.19 bits per heavy atom. The van der Waals surface area contributed by atoms with Gasteiger partial charge in [-0.15, -0.1) is 0 Å². The highest BCUT2D eigenvalue weighted by Gasteiger charge is 2.28. The molecule has 0 N–H and O–H groups in total. The summed E-state index contributed by atoms with van der Waals surface area (Å²) in [4.78, 5) is 40.3. The van der Waals surface area contributed by atoms with Gasteiger partial charge in [-0.1, -0.05) is 18.2 Å². The minimum absolute atomic E-state index is 0.236. The van der Waals surface area contributed by atoms with Crippen LogP contribution >= 0.6 is 0 Å². The predicted molar refractivity (Wildman–Crippen MR) is 88.4 cm³/mol. The molecular weight excluding hydrogens is 352 g/mol. The third-order valence-electron chi connectivity index (χ3n) is 3.25. The van der Waals surface area contributed by atoms with Gasteiger partial charge in [-0.2, -0.15) is 0 Å². The first-order valence-corrected chi connectivity index (χ1v) is 6.74. The normalized spacial score (nSPS) is 10.6. The van der Waals surface area contributed by atoms with Crippen LogP contribution in [-0.4, -0.2) is 19.7 Å². The van der Waals surface area contributed by atoms with Gasteiger partial charge in [0.25, 0.3) is 22.7 Å². The molecule has 0 saturated carbocycles. The van der Waals surface area contributed by atoms with Gasteiger partial charge in [-0.25, -0.2) is 0 Å². The Bertz CT molecular complexity index is 934. The monoisotopic (exact) mass is 360 g/mol. The van der Waals surface area contributed by atoms with E-state index in [4.69, 9.17) is 0 Å². The van der Waals surface area contributed by atoms with Gasteiger partial charge in [0.15, 0.2) is 0 Å². The fraction of sp³-hybridized carbons (Fsp3) is 0. The highest BCUT2D eigenvalue weighted by atomic mass is 16.6. The molecule has 12 heteroatoms. The summed E-state index contributed by atoms with van der Waals surface area (Å²) in [5.74, 6) is 0. The van der Waals surface area contributed by atoms with Crippen LogP contribution in [0.3, 0.4) is 0 Å². The number of benzene rings is 2. The molecule has 0 bridgehead atoms. The van der Waals surface area contributed by atoms with Gasteiger partial charge in [0, 0.05) is 12.1 Å². The van der Waals surface area contributed by atoms with E-state index in [0.717, 1.165) is 6.08 Å². The lowest BCUT2D eigenvalue weighted by Crippen LogP contribution is -2.00. The standard InChI is InChI=1S/C14H8N4O8/c19-15(20)10-3-1-2-9(6-10)4-5-12-13(17(23)24)7-11(16(21)22)8-14(12)18(25)26/h1-8H. The smallest absolute Gasteiger partial charge is 0.258 e. The molecule has 0 aliphatic heterocycles. The number of nitro groups is 4. The highest BCUT2D eigenvalue weighted by molar-refractivity contribution is 5.81. The van der Waals surface area contributed by atoms with E-state index in [1.807, 2.05) is 0 Å². The Morgan fingerprint density at radius 1 is 0.654 bits per heavy atom. The van der Waals surface area contributed by atoms with Gasteiger partial charge < -0.3 is 0 Å². The van der Waals surface area contributed by atoms with Crippen molar-refractivity contribution in [2.45, 2.75) is 0 Å². The van der Waals surface area contributed by atoms with Crippen molar-refractivity contribution in [3.8, 4) is 0 Å². The highest BCUT2D eigenvalue weighted by Crippen LogP contribution is 2.35. The lowest BCUT2D eigenvalue weighted by Gasteiger charge is -2.01. The van der Waals surface area contributed by atoms with E-state index >= 15 is 0 Å². The molecule has 2 rings (SSSR count). The second-order valence-electron chi connectivity index (χ2n) is 4.85. The van der Waals surface area contributed by atoms with Crippen molar-refractivity contribution in [3.63, 3.8) is 0 Å². The van der Waals surface area contributed by atoms with E-state index in [-0.39, 0.29) is 11.3 Å². The first kappa shape index (κ1) is 18.1. The third-order valence-corrected chi connectivity index (χ3v) is 3.25. The largest absolute Gasteiger partial charge is 0.290 e.